The number of hydrogen-bond donors (Lipinski definition) is 1. The summed E-state index contributed by atoms with van der Waals surface area (Å²) in [4.78, 5) is 17.0. The van der Waals surface area contributed by atoms with Crippen molar-refractivity contribution in [1.29, 1.82) is 0 Å². The smallest absolute Gasteiger partial charge is 0.228 e. The average Bonchev–Trinajstić information content (AvgIpc) is 2.72. The van der Waals surface area contributed by atoms with E-state index in [1.807, 2.05) is 42.5 Å². The fourth-order valence-electron chi connectivity index (χ4n) is 3.76. The van der Waals surface area contributed by atoms with Crippen LogP contribution in [0.1, 0.15) is 57.4 Å². The van der Waals surface area contributed by atoms with E-state index in [0.717, 1.165) is 37.2 Å². The zero-order valence-corrected chi connectivity index (χ0v) is 16.2. The van der Waals surface area contributed by atoms with Gasteiger partial charge in [0.2, 0.25) is 5.91 Å². The number of anilines is 1. The van der Waals surface area contributed by atoms with Crippen LogP contribution in [0.25, 0.3) is 0 Å². The van der Waals surface area contributed by atoms with Crippen LogP contribution < -0.4 is 10.1 Å². The molecule has 0 aliphatic heterocycles. The molecule has 1 heterocycles. The van der Waals surface area contributed by atoms with E-state index in [1.54, 1.807) is 6.20 Å². The Balaban J connectivity index is 1.54. The standard InChI is InChI=1S/C23H30N2O2/c1-2-3-8-18-12-14-20(15-13-18)23(26)25-22-21(11-7-16-24-22)27-17-19-9-5-4-6-10-19/h4-7,9-11,16,18,20H,2-3,8,12-15,17H2,1H3,(H,24,25,26). The normalized spacial score (nSPS) is 19.4. The topological polar surface area (TPSA) is 51.2 Å². The summed E-state index contributed by atoms with van der Waals surface area (Å²) in [5, 5.41) is 3.00. The minimum absolute atomic E-state index is 0.0761. The van der Waals surface area contributed by atoms with E-state index in [4.69, 9.17) is 4.74 Å². The monoisotopic (exact) mass is 366 g/mol. The summed E-state index contributed by atoms with van der Waals surface area (Å²) in [5.74, 6) is 2.10. The first-order valence-corrected chi connectivity index (χ1v) is 10.2. The van der Waals surface area contributed by atoms with Gasteiger partial charge in [0, 0.05) is 12.1 Å². The maximum absolute atomic E-state index is 12.7. The number of carbonyl (C=O) groups is 1. The van der Waals surface area contributed by atoms with Crippen LogP contribution in [0.5, 0.6) is 5.75 Å². The van der Waals surface area contributed by atoms with Gasteiger partial charge < -0.3 is 10.1 Å². The number of rotatable bonds is 8. The highest BCUT2D eigenvalue weighted by molar-refractivity contribution is 5.92. The molecule has 3 rings (SSSR count). The predicted molar refractivity (Wildman–Crippen MR) is 109 cm³/mol. The number of unbranched alkanes of at least 4 members (excludes halogenated alkanes) is 1. The highest BCUT2D eigenvalue weighted by atomic mass is 16.5. The van der Waals surface area contributed by atoms with Gasteiger partial charge in [-0.05, 0) is 49.3 Å². The second-order valence-corrected chi connectivity index (χ2v) is 7.47. The molecule has 27 heavy (non-hydrogen) atoms. The van der Waals surface area contributed by atoms with Gasteiger partial charge in [0.25, 0.3) is 0 Å². The van der Waals surface area contributed by atoms with E-state index in [-0.39, 0.29) is 11.8 Å². The van der Waals surface area contributed by atoms with Gasteiger partial charge in [-0.3, -0.25) is 4.79 Å². The van der Waals surface area contributed by atoms with Gasteiger partial charge in [0.15, 0.2) is 11.6 Å². The first-order valence-electron chi connectivity index (χ1n) is 10.2. The molecule has 2 aromatic rings. The highest BCUT2D eigenvalue weighted by Gasteiger charge is 2.26. The third kappa shape index (κ3) is 5.81. The summed E-state index contributed by atoms with van der Waals surface area (Å²) < 4.78 is 5.90. The number of pyridine rings is 1. The fourth-order valence-corrected chi connectivity index (χ4v) is 3.76. The number of benzene rings is 1. The van der Waals surface area contributed by atoms with Gasteiger partial charge in [-0.25, -0.2) is 4.98 Å². The van der Waals surface area contributed by atoms with Crippen molar-refractivity contribution in [3.63, 3.8) is 0 Å². The molecule has 0 unspecified atom stereocenters. The van der Waals surface area contributed by atoms with E-state index in [1.165, 1.54) is 19.3 Å². The van der Waals surface area contributed by atoms with Crippen molar-refractivity contribution < 1.29 is 9.53 Å². The molecule has 4 heteroatoms. The summed E-state index contributed by atoms with van der Waals surface area (Å²) in [7, 11) is 0. The van der Waals surface area contributed by atoms with Crippen molar-refractivity contribution in [2.24, 2.45) is 11.8 Å². The molecule has 1 aliphatic rings. The third-order valence-electron chi connectivity index (χ3n) is 5.43. The molecule has 1 fully saturated rings. The van der Waals surface area contributed by atoms with E-state index in [0.29, 0.717) is 18.2 Å². The first-order chi connectivity index (χ1) is 13.3. The lowest BCUT2D eigenvalue weighted by Crippen LogP contribution is -2.27. The molecule has 1 saturated carbocycles. The van der Waals surface area contributed by atoms with Gasteiger partial charge in [-0.1, -0.05) is 56.5 Å². The zero-order chi connectivity index (χ0) is 18.9. The SMILES string of the molecule is CCCCC1CCC(C(=O)Nc2ncccc2OCc2ccccc2)CC1. The second-order valence-electron chi connectivity index (χ2n) is 7.47. The Bertz CT molecular complexity index is 709. The van der Waals surface area contributed by atoms with Gasteiger partial charge in [0.1, 0.15) is 6.61 Å². The fraction of sp³-hybridized carbons (Fsp3) is 0.478. The van der Waals surface area contributed by atoms with Crippen LogP contribution >= 0.6 is 0 Å². The quantitative estimate of drug-likeness (QED) is 0.662. The maximum Gasteiger partial charge on any atom is 0.228 e. The molecule has 1 amide bonds. The zero-order valence-electron chi connectivity index (χ0n) is 16.2. The van der Waals surface area contributed by atoms with Gasteiger partial charge in [-0.15, -0.1) is 0 Å². The van der Waals surface area contributed by atoms with E-state index in [2.05, 4.69) is 17.2 Å². The van der Waals surface area contributed by atoms with Crippen LogP contribution in [0.4, 0.5) is 5.82 Å². The lowest BCUT2D eigenvalue weighted by Gasteiger charge is -2.27. The molecule has 0 spiro atoms. The molecule has 144 valence electrons. The highest BCUT2D eigenvalue weighted by Crippen LogP contribution is 2.33. The number of amides is 1. The number of nitrogens with one attached hydrogen (secondary N) is 1. The average molecular weight is 367 g/mol. The number of carbonyl (C=O) groups excluding carboxylic acids is 1. The minimum atomic E-state index is 0.0761. The van der Waals surface area contributed by atoms with Crippen molar-refractivity contribution in [3.05, 3.63) is 54.2 Å². The molecule has 4 nitrogen and oxygen atoms in total. The summed E-state index contributed by atoms with van der Waals surface area (Å²) in [6.45, 7) is 2.70. The summed E-state index contributed by atoms with van der Waals surface area (Å²) in [6.07, 6.45) is 9.84. The van der Waals surface area contributed by atoms with Crippen molar-refractivity contribution in [2.75, 3.05) is 5.32 Å². The van der Waals surface area contributed by atoms with Crippen LogP contribution in [-0.2, 0) is 11.4 Å². The van der Waals surface area contributed by atoms with Crippen molar-refractivity contribution in [1.82, 2.24) is 4.98 Å². The largest absolute Gasteiger partial charge is 0.485 e. The second kappa shape index (κ2) is 10.1. The number of nitrogens with zero attached hydrogens (tertiary/aromatic N) is 1. The Morgan fingerprint density at radius 3 is 2.63 bits per heavy atom. The molecule has 0 radical (unpaired) electrons. The molecule has 0 bridgehead atoms. The molecule has 1 aromatic heterocycles. The summed E-state index contributed by atoms with van der Waals surface area (Å²) in [5.41, 5.74) is 1.09. The molecule has 1 aromatic carbocycles. The summed E-state index contributed by atoms with van der Waals surface area (Å²) >= 11 is 0. The number of aromatic nitrogens is 1. The first kappa shape index (κ1) is 19.4. The van der Waals surface area contributed by atoms with Gasteiger partial charge in [-0.2, -0.15) is 0 Å². The Labute approximate surface area is 162 Å². The Kier molecular flexibility index (Phi) is 7.26. The van der Waals surface area contributed by atoms with Crippen molar-refractivity contribution >= 4 is 11.7 Å². The van der Waals surface area contributed by atoms with E-state index < -0.39 is 0 Å². The Morgan fingerprint density at radius 2 is 1.89 bits per heavy atom. The molecule has 0 atom stereocenters. The third-order valence-corrected chi connectivity index (χ3v) is 5.43. The molecule has 1 aliphatic carbocycles. The van der Waals surface area contributed by atoms with Crippen LogP contribution in [0.2, 0.25) is 0 Å². The number of hydrogen-bond acceptors (Lipinski definition) is 3. The van der Waals surface area contributed by atoms with E-state index >= 15 is 0 Å². The van der Waals surface area contributed by atoms with Crippen molar-refractivity contribution in [2.45, 2.75) is 58.5 Å². The molecule has 1 N–H and O–H groups in total. The van der Waals surface area contributed by atoms with Crippen LogP contribution in [0.15, 0.2) is 48.7 Å². The predicted octanol–water partition coefficient (Wildman–Crippen LogP) is 5.60. The molecular formula is C23H30N2O2. The molecular weight excluding hydrogens is 336 g/mol. The van der Waals surface area contributed by atoms with Crippen LogP contribution in [0, 0.1) is 11.8 Å². The van der Waals surface area contributed by atoms with Crippen LogP contribution in [0.3, 0.4) is 0 Å². The lowest BCUT2D eigenvalue weighted by atomic mass is 9.79. The van der Waals surface area contributed by atoms with Gasteiger partial charge >= 0.3 is 0 Å². The van der Waals surface area contributed by atoms with Gasteiger partial charge in [0.05, 0.1) is 0 Å². The van der Waals surface area contributed by atoms with Crippen LogP contribution in [-0.4, -0.2) is 10.9 Å². The Hall–Kier alpha value is -2.36. The maximum atomic E-state index is 12.7. The van der Waals surface area contributed by atoms with E-state index in [9.17, 15) is 4.79 Å². The minimum Gasteiger partial charge on any atom is -0.485 e. The number of ether oxygens (including phenoxy) is 1. The molecule has 0 saturated heterocycles. The Morgan fingerprint density at radius 1 is 1.11 bits per heavy atom. The summed E-state index contributed by atoms with van der Waals surface area (Å²) in [6, 6.07) is 13.7. The van der Waals surface area contributed by atoms with Crippen molar-refractivity contribution in [3.8, 4) is 5.75 Å². The lowest BCUT2D eigenvalue weighted by molar-refractivity contribution is -0.121.